The molecule has 1 aromatic carbocycles. The lowest BCUT2D eigenvalue weighted by Crippen LogP contribution is -2.54. The fraction of sp³-hybridized carbons (Fsp3) is 0.455. The molecule has 1 amide bonds. The van der Waals surface area contributed by atoms with Gasteiger partial charge in [0.25, 0.3) is 0 Å². The summed E-state index contributed by atoms with van der Waals surface area (Å²) >= 11 is 12.1. The first-order valence-electron chi connectivity index (χ1n) is 10.6. The molecule has 2 aromatic rings. The molecule has 3 atom stereocenters. The van der Waals surface area contributed by atoms with Gasteiger partial charge in [0.15, 0.2) is 0 Å². The first-order chi connectivity index (χ1) is 15.7. The van der Waals surface area contributed by atoms with Crippen LogP contribution < -0.4 is 0 Å². The quantitative estimate of drug-likeness (QED) is 0.560. The number of sulfonamides is 1. The molecule has 0 saturated carbocycles. The largest absolute Gasteiger partial charge is 0.335 e. The first-order valence-corrected chi connectivity index (χ1v) is 12.8. The van der Waals surface area contributed by atoms with Gasteiger partial charge in [-0.25, -0.2) is 17.2 Å². The van der Waals surface area contributed by atoms with E-state index in [1.54, 1.807) is 24.4 Å². The molecule has 1 unspecified atom stereocenters. The number of amides is 1. The monoisotopic (exact) mass is 517 g/mol. The number of carbonyl (C=O) groups excluding carboxylic acids is 1. The molecule has 2 aliphatic heterocycles. The number of aromatic nitrogens is 1. The van der Waals surface area contributed by atoms with E-state index >= 15 is 0 Å². The Kier molecular flexibility index (Phi) is 7.23. The third-order valence-electron chi connectivity index (χ3n) is 6.18. The van der Waals surface area contributed by atoms with Gasteiger partial charge in [-0.2, -0.15) is 4.31 Å². The zero-order valence-corrected chi connectivity index (χ0v) is 19.9. The summed E-state index contributed by atoms with van der Waals surface area (Å²) in [5, 5.41) is 0.265. The molecule has 0 aliphatic carbocycles. The van der Waals surface area contributed by atoms with E-state index in [4.69, 9.17) is 23.2 Å². The van der Waals surface area contributed by atoms with E-state index in [0.29, 0.717) is 25.0 Å². The number of benzene rings is 1. The van der Waals surface area contributed by atoms with Crippen LogP contribution in [0.4, 0.5) is 8.78 Å². The molecule has 33 heavy (non-hydrogen) atoms. The molecule has 6 nitrogen and oxygen atoms in total. The van der Waals surface area contributed by atoms with Crippen molar-refractivity contribution in [1.82, 2.24) is 14.2 Å². The Bertz CT molecular complexity index is 1100. The third-order valence-corrected chi connectivity index (χ3v) is 8.53. The van der Waals surface area contributed by atoms with Gasteiger partial charge in [-0.3, -0.25) is 9.78 Å². The summed E-state index contributed by atoms with van der Waals surface area (Å²) in [7, 11) is -4.23. The summed E-state index contributed by atoms with van der Waals surface area (Å²) in [6, 6.07) is 7.48. The van der Waals surface area contributed by atoms with Crippen molar-refractivity contribution >= 4 is 39.1 Å². The number of carbonyl (C=O) groups is 1. The first kappa shape index (κ1) is 24.3. The van der Waals surface area contributed by atoms with E-state index in [1.807, 2.05) is 0 Å². The SMILES string of the molecule is O=C1C2CCC[C@@H]([C@@H](CC(F)F)CN1Cc1ccccn1)N2S(=O)(=O)c1cc(Cl)cc(Cl)c1. The molecule has 2 fully saturated rings. The number of alkyl halides is 2. The van der Waals surface area contributed by atoms with Crippen LogP contribution in [0.25, 0.3) is 0 Å². The number of halogens is 4. The summed E-state index contributed by atoms with van der Waals surface area (Å²) in [6.07, 6.45) is -0.279. The fourth-order valence-electron chi connectivity index (χ4n) is 4.82. The van der Waals surface area contributed by atoms with Gasteiger partial charge in [-0.05, 0) is 55.5 Å². The van der Waals surface area contributed by atoms with Crippen LogP contribution in [-0.2, 0) is 21.4 Å². The molecule has 2 saturated heterocycles. The van der Waals surface area contributed by atoms with E-state index in [-0.39, 0.29) is 28.0 Å². The number of piperidine rings is 1. The van der Waals surface area contributed by atoms with Gasteiger partial charge in [0.2, 0.25) is 22.4 Å². The molecule has 178 valence electrons. The average Bonchev–Trinajstić information content (AvgIpc) is 2.82. The summed E-state index contributed by atoms with van der Waals surface area (Å²) < 4.78 is 55.7. The molecule has 11 heteroatoms. The van der Waals surface area contributed by atoms with Crippen molar-refractivity contribution in [2.75, 3.05) is 6.54 Å². The Morgan fingerprint density at radius 2 is 1.85 bits per heavy atom. The number of fused-ring (bicyclic) bond motifs is 2. The number of rotatable bonds is 6. The van der Waals surface area contributed by atoms with Crippen LogP contribution in [-0.4, -0.2) is 53.6 Å². The highest BCUT2D eigenvalue weighted by atomic mass is 35.5. The maximum absolute atomic E-state index is 13.7. The second-order valence-corrected chi connectivity index (χ2v) is 11.1. The second kappa shape index (κ2) is 9.82. The molecule has 2 bridgehead atoms. The van der Waals surface area contributed by atoms with Gasteiger partial charge < -0.3 is 4.90 Å². The number of pyridine rings is 1. The van der Waals surface area contributed by atoms with Crippen LogP contribution in [0.15, 0.2) is 47.5 Å². The van der Waals surface area contributed by atoms with Crippen LogP contribution in [0, 0.1) is 5.92 Å². The molecular weight excluding hydrogens is 495 g/mol. The van der Waals surface area contributed by atoms with Crippen LogP contribution in [0.5, 0.6) is 0 Å². The highest BCUT2D eigenvalue weighted by Gasteiger charge is 2.50. The Balaban J connectivity index is 1.77. The summed E-state index contributed by atoms with van der Waals surface area (Å²) in [4.78, 5) is 19.1. The molecule has 1 aromatic heterocycles. The van der Waals surface area contributed by atoms with Crippen molar-refractivity contribution < 1.29 is 22.0 Å². The highest BCUT2D eigenvalue weighted by Crippen LogP contribution is 2.40. The van der Waals surface area contributed by atoms with Crippen molar-refractivity contribution in [3.63, 3.8) is 0 Å². The standard InChI is InChI=1S/C22H23Cl2F2N3O3S/c23-15-9-16(24)11-18(10-15)33(31,32)29-19-5-3-6-20(29)22(30)28(12-14(19)8-21(25)26)13-17-4-1-2-7-27-17/h1-2,4,7,9-11,14,19-21H,3,5-6,8,12-13H2/t14-,19-,20?/m0/s1. The lowest BCUT2D eigenvalue weighted by atomic mass is 9.88. The Morgan fingerprint density at radius 3 is 2.48 bits per heavy atom. The van der Waals surface area contributed by atoms with Gasteiger partial charge in [0.05, 0.1) is 17.1 Å². The third kappa shape index (κ3) is 5.16. The van der Waals surface area contributed by atoms with Gasteiger partial charge >= 0.3 is 0 Å². The van der Waals surface area contributed by atoms with Crippen molar-refractivity contribution in [2.24, 2.45) is 5.92 Å². The zero-order chi connectivity index (χ0) is 23.8. The Labute approximate surface area is 201 Å². The minimum absolute atomic E-state index is 0.0310. The molecule has 0 N–H and O–H groups in total. The summed E-state index contributed by atoms with van der Waals surface area (Å²) in [5.74, 6) is -1.13. The number of hydrogen-bond donors (Lipinski definition) is 0. The van der Waals surface area contributed by atoms with E-state index in [2.05, 4.69) is 4.98 Å². The molecule has 2 aliphatic rings. The lowest BCUT2D eigenvalue weighted by Gasteiger charge is -2.40. The molecule has 0 radical (unpaired) electrons. The predicted octanol–water partition coefficient (Wildman–Crippen LogP) is 4.61. The number of hydrogen-bond acceptors (Lipinski definition) is 4. The van der Waals surface area contributed by atoms with Crippen LogP contribution in [0.2, 0.25) is 10.0 Å². The van der Waals surface area contributed by atoms with Gasteiger partial charge in [-0.1, -0.05) is 29.3 Å². The van der Waals surface area contributed by atoms with E-state index in [0.717, 1.165) is 4.31 Å². The van der Waals surface area contributed by atoms with E-state index in [9.17, 15) is 22.0 Å². The van der Waals surface area contributed by atoms with E-state index in [1.165, 1.54) is 23.1 Å². The Hall–Kier alpha value is -1.81. The van der Waals surface area contributed by atoms with Crippen LogP contribution in [0.3, 0.4) is 0 Å². The second-order valence-electron chi connectivity index (χ2n) is 8.38. The molecule has 3 heterocycles. The maximum Gasteiger partial charge on any atom is 0.244 e. The van der Waals surface area contributed by atoms with Gasteiger partial charge in [0, 0.05) is 35.2 Å². The highest BCUT2D eigenvalue weighted by molar-refractivity contribution is 7.89. The normalized spacial score (nSPS) is 24.2. The van der Waals surface area contributed by atoms with E-state index < -0.39 is 46.8 Å². The minimum atomic E-state index is -4.23. The molecule has 4 rings (SSSR count). The zero-order valence-electron chi connectivity index (χ0n) is 17.6. The van der Waals surface area contributed by atoms with Crippen molar-refractivity contribution in [1.29, 1.82) is 0 Å². The minimum Gasteiger partial charge on any atom is -0.335 e. The van der Waals surface area contributed by atoms with Crippen molar-refractivity contribution in [3.8, 4) is 0 Å². The lowest BCUT2D eigenvalue weighted by molar-refractivity contribution is -0.135. The Morgan fingerprint density at radius 1 is 1.12 bits per heavy atom. The van der Waals surface area contributed by atoms with Gasteiger partial charge in [-0.15, -0.1) is 0 Å². The van der Waals surface area contributed by atoms with Crippen molar-refractivity contribution in [3.05, 3.63) is 58.3 Å². The summed E-state index contributed by atoms with van der Waals surface area (Å²) in [6.45, 7) is 0.156. The average molecular weight is 518 g/mol. The smallest absolute Gasteiger partial charge is 0.244 e. The van der Waals surface area contributed by atoms with Crippen LogP contribution >= 0.6 is 23.2 Å². The molecule has 0 spiro atoms. The number of nitrogens with zero attached hydrogens (tertiary/aromatic N) is 3. The van der Waals surface area contributed by atoms with Gasteiger partial charge in [0.1, 0.15) is 6.04 Å². The summed E-state index contributed by atoms with van der Waals surface area (Å²) in [5.41, 5.74) is 0.606. The topological polar surface area (TPSA) is 70.6 Å². The van der Waals surface area contributed by atoms with Crippen LogP contribution in [0.1, 0.15) is 31.4 Å². The maximum atomic E-state index is 13.7. The molecular formula is C22H23Cl2F2N3O3S. The predicted molar refractivity (Wildman–Crippen MR) is 121 cm³/mol. The fourth-order valence-corrected chi connectivity index (χ4v) is 7.44. The van der Waals surface area contributed by atoms with Crippen molar-refractivity contribution in [2.45, 2.75) is 55.6 Å².